The quantitative estimate of drug-likeness (QED) is 0.903. The van der Waals surface area contributed by atoms with Crippen LogP contribution in [0.2, 0.25) is 0 Å². The Labute approximate surface area is 114 Å². The van der Waals surface area contributed by atoms with Crippen molar-refractivity contribution in [1.29, 1.82) is 0 Å². The molecule has 0 aliphatic heterocycles. The Hall–Kier alpha value is -1.88. The summed E-state index contributed by atoms with van der Waals surface area (Å²) in [5, 5.41) is 13.8. The first-order valence-electron chi connectivity index (χ1n) is 5.93. The molecule has 0 aliphatic rings. The molecule has 5 heteroatoms. The van der Waals surface area contributed by atoms with E-state index in [4.69, 9.17) is 5.11 Å². The van der Waals surface area contributed by atoms with Crippen molar-refractivity contribution in [3.63, 3.8) is 0 Å². The highest BCUT2D eigenvalue weighted by Gasteiger charge is 2.12. The molecule has 1 aromatic carbocycles. The lowest BCUT2D eigenvalue weighted by Gasteiger charge is -2.06. The molecule has 2 aromatic rings. The first-order chi connectivity index (χ1) is 9.11. The molecule has 0 aliphatic carbocycles. The van der Waals surface area contributed by atoms with Crippen LogP contribution in [0.1, 0.15) is 27.7 Å². The minimum atomic E-state index is -0.723. The van der Waals surface area contributed by atoms with Crippen LogP contribution >= 0.6 is 11.3 Å². The Morgan fingerprint density at radius 1 is 1.42 bits per heavy atom. The molecule has 0 unspecified atom stereocenters. The van der Waals surface area contributed by atoms with Gasteiger partial charge < -0.3 is 10.4 Å². The van der Waals surface area contributed by atoms with E-state index in [9.17, 15) is 9.18 Å². The lowest BCUT2D eigenvalue weighted by Crippen LogP contribution is -2.23. The summed E-state index contributed by atoms with van der Waals surface area (Å²) >= 11 is 1.57. The fourth-order valence-electron chi connectivity index (χ4n) is 1.78. The van der Waals surface area contributed by atoms with E-state index in [1.54, 1.807) is 11.3 Å². The minimum Gasteiger partial charge on any atom is -0.508 e. The van der Waals surface area contributed by atoms with Gasteiger partial charge in [-0.25, -0.2) is 4.39 Å². The molecule has 0 radical (unpaired) electrons. The van der Waals surface area contributed by atoms with Gasteiger partial charge in [0.05, 0.1) is 12.1 Å². The van der Waals surface area contributed by atoms with Crippen LogP contribution in [0, 0.1) is 5.82 Å². The molecule has 1 heterocycles. The Kier molecular flexibility index (Phi) is 4.16. The van der Waals surface area contributed by atoms with E-state index in [2.05, 4.69) is 5.32 Å². The van der Waals surface area contributed by atoms with Gasteiger partial charge in [0, 0.05) is 10.9 Å². The number of rotatable bonds is 4. The molecule has 3 nitrogen and oxygen atoms in total. The van der Waals surface area contributed by atoms with E-state index in [1.807, 2.05) is 18.4 Å². The average molecular weight is 279 g/mol. The van der Waals surface area contributed by atoms with Gasteiger partial charge in [0.25, 0.3) is 5.91 Å². The van der Waals surface area contributed by atoms with Crippen LogP contribution in [-0.4, -0.2) is 11.0 Å². The molecule has 0 fully saturated rings. The summed E-state index contributed by atoms with van der Waals surface area (Å²) in [4.78, 5) is 12.9. The van der Waals surface area contributed by atoms with Gasteiger partial charge in [-0.05, 0) is 35.6 Å². The van der Waals surface area contributed by atoms with Crippen molar-refractivity contribution in [1.82, 2.24) is 5.32 Å². The number of thiophene rings is 1. The standard InChI is InChI=1S/C14H14FNO2S/c1-2-9-5-6-19-13(9)8-16-14(18)11-4-3-10(17)7-12(11)15/h3-7,17H,2,8H2,1H3,(H,16,18). The van der Waals surface area contributed by atoms with Gasteiger partial charge in [0.2, 0.25) is 0 Å². The van der Waals surface area contributed by atoms with Gasteiger partial charge in [0.1, 0.15) is 11.6 Å². The summed E-state index contributed by atoms with van der Waals surface area (Å²) in [5.41, 5.74) is 1.13. The highest BCUT2D eigenvalue weighted by atomic mass is 32.1. The highest BCUT2D eigenvalue weighted by molar-refractivity contribution is 7.10. The molecular formula is C14H14FNO2S. The van der Waals surface area contributed by atoms with Gasteiger partial charge >= 0.3 is 0 Å². The Balaban J connectivity index is 2.05. The first-order valence-corrected chi connectivity index (χ1v) is 6.81. The molecule has 19 heavy (non-hydrogen) atoms. The van der Waals surface area contributed by atoms with Gasteiger partial charge in [-0.15, -0.1) is 11.3 Å². The summed E-state index contributed by atoms with van der Waals surface area (Å²) in [7, 11) is 0. The fraction of sp³-hybridized carbons (Fsp3) is 0.214. The second-order valence-corrected chi connectivity index (χ2v) is 5.07. The minimum absolute atomic E-state index is 0.0626. The molecule has 0 saturated carbocycles. The summed E-state index contributed by atoms with van der Waals surface area (Å²) in [6.45, 7) is 2.44. The van der Waals surface area contributed by atoms with Crippen LogP contribution in [-0.2, 0) is 13.0 Å². The van der Waals surface area contributed by atoms with Crippen molar-refractivity contribution >= 4 is 17.2 Å². The number of benzene rings is 1. The number of nitrogens with one attached hydrogen (secondary N) is 1. The number of carbonyl (C=O) groups is 1. The molecule has 1 aromatic heterocycles. The van der Waals surface area contributed by atoms with E-state index in [-0.39, 0.29) is 11.3 Å². The second kappa shape index (κ2) is 5.84. The third kappa shape index (κ3) is 3.12. The third-order valence-electron chi connectivity index (χ3n) is 2.83. The van der Waals surface area contributed by atoms with Crippen LogP contribution in [0.15, 0.2) is 29.6 Å². The largest absolute Gasteiger partial charge is 0.508 e. The SMILES string of the molecule is CCc1ccsc1CNC(=O)c1ccc(O)cc1F. The number of phenolic OH excluding ortho intramolecular Hbond substituents is 1. The third-order valence-corrected chi connectivity index (χ3v) is 3.79. The maximum absolute atomic E-state index is 13.5. The maximum Gasteiger partial charge on any atom is 0.254 e. The van der Waals surface area contributed by atoms with E-state index < -0.39 is 11.7 Å². The van der Waals surface area contributed by atoms with Crippen LogP contribution in [0.25, 0.3) is 0 Å². The lowest BCUT2D eigenvalue weighted by molar-refractivity contribution is 0.0947. The fourth-order valence-corrected chi connectivity index (χ4v) is 2.70. The van der Waals surface area contributed by atoms with Crippen molar-refractivity contribution in [2.75, 3.05) is 0 Å². The number of hydrogen-bond donors (Lipinski definition) is 2. The van der Waals surface area contributed by atoms with Crippen molar-refractivity contribution in [3.8, 4) is 5.75 Å². The van der Waals surface area contributed by atoms with Crippen molar-refractivity contribution < 1.29 is 14.3 Å². The molecule has 0 atom stereocenters. The van der Waals surface area contributed by atoms with E-state index in [0.717, 1.165) is 17.4 Å². The van der Waals surface area contributed by atoms with Gasteiger partial charge in [-0.1, -0.05) is 6.92 Å². The monoisotopic (exact) mass is 279 g/mol. The topological polar surface area (TPSA) is 49.3 Å². The predicted molar refractivity (Wildman–Crippen MR) is 72.9 cm³/mol. The number of amides is 1. The van der Waals surface area contributed by atoms with E-state index >= 15 is 0 Å². The summed E-state index contributed by atoms with van der Waals surface area (Å²) in [5.74, 6) is -1.40. The molecule has 0 saturated heterocycles. The smallest absolute Gasteiger partial charge is 0.254 e. The summed E-state index contributed by atoms with van der Waals surface area (Å²) in [6, 6.07) is 5.51. The summed E-state index contributed by atoms with van der Waals surface area (Å²) < 4.78 is 13.5. The molecular weight excluding hydrogens is 265 g/mol. The van der Waals surface area contributed by atoms with E-state index in [0.29, 0.717) is 6.54 Å². The van der Waals surface area contributed by atoms with Gasteiger partial charge in [-0.2, -0.15) is 0 Å². The number of aryl methyl sites for hydroxylation is 1. The Bertz CT molecular complexity index is 595. The van der Waals surface area contributed by atoms with Crippen LogP contribution in [0.3, 0.4) is 0 Å². The lowest BCUT2D eigenvalue weighted by atomic mass is 10.1. The number of aromatic hydroxyl groups is 1. The first kappa shape index (κ1) is 13.5. The highest BCUT2D eigenvalue weighted by Crippen LogP contribution is 2.18. The molecule has 2 rings (SSSR count). The average Bonchev–Trinajstić information content (AvgIpc) is 2.83. The van der Waals surface area contributed by atoms with Crippen molar-refractivity contribution in [2.45, 2.75) is 19.9 Å². The zero-order valence-corrected chi connectivity index (χ0v) is 11.3. The predicted octanol–water partition coefficient (Wildman–Crippen LogP) is 3.09. The van der Waals surface area contributed by atoms with Crippen molar-refractivity contribution in [2.24, 2.45) is 0 Å². The second-order valence-electron chi connectivity index (χ2n) is 4.07. The molecule has 2 N–H and O–H groups in total. The Morgan fingerprint density at radius 2 is 2.21 bits per heavy atom. The van der Waals surface area contributed by atoms with Crippen LogP contribution < -0.4 is 5.32 Å². The van der Waals surface area contributed by atoms with Crippen molar-refractivity contribution in [3.05, 3.63) is 51.5 Å². The normalized spacial score (nSPS) is 10.4. The zero-order valence-electron chi connectivity index (χ0n) is 10.4. The molecule has 100 valence electrons. The zero-order chi connectivity index (χ0) is 13.8. The van der Waals surface area contributed by atoms with Crippen LogP contribution in [0.5, 0.6) is 5.75 Å². The number of hydrogen-bond acceptors (Lipinski definition) is 3. The molecule has 0 spiro atoms. The number of carbonyl (C=O) groups excluding carboxylic acids is 1. The van der Waals surface area contributed by atoms with Gasteiger partial charge in [0.15, 0.2) is 0 Å². The summed E-state index contributed by atoms with van der Waals surface area (Å²) in [6.07, 6.45) is 0.905. The van der Waals surface area contributed by atoms with E-state index in [1.165, 1.54) is 17.7 Å². The Morgan fingerprint density at radius 3 is 2.89 bits per heavy atom. The maximum atomic E-state index is 13.5. The number of phenols is 1. The van der Waals surface area contributed by atoms with Gasteiger partial charge in [-0.3, -0.25) is 4.79 Å². The number of halogens is 1. The van der Waals surface area contributed by atoms with Crippen LogP contribution in [0.4, 0.5) is 4.39 Å². The molecule has 0 bridgehead atoms. The molecule has 1 amide bonds.